The van der Waals surface area contributed by atoms with Crippen molar-refractivity contribution >= 4 is 23.4 Å². The summed E-state index contributed by atoms with van der Waals surface area (Å²) in [6.07, 6.45) is 0. The van der Waals surface area contributed by atoms with E-state index in [0.717, 1.165) is 32.4 Å². The maximum absolute atomic E-state index is 8.63. The van der Waals surface area contributed by atoms with E-state index in [1.165, 1.54) is 11.8 Å². The molecule has 86 valence electrons. The number of rotatable bonds is 3. The number of benzene rings is 1. The van der Waals surface area contributed by atoms with Crippen LogP contribution >= 0.6 is 23.4 Å². The number of hydrogen-bond donors (Lipinski definition) is 0. The normalized spacial score (nSPS) is 10.0. The summed E-state index contributed by atoms with van der Waals surface area (Å²) in [7, 11) is 1.64. The SMILES string of the molecule is COc1c(C)c(C)c(Cl)c(C)c1SCC#N. The third-order valence-electron chi connectivity index (χ3n) is 2.59. The highest BCUT2D eigenvalue weighted by Crippen LogP contribution is 2.41. The summed E-state index contributed by atoms with van der Waals surface area (Å²) >= 11 is 7.71. The zero-order valence-electron chi connectivity index (χ0n) is 9.85. The summed E-state index contributed by atoms with van der Waals surface area (Å²) in [5, 5.41) is 9.39. The topological polar surface area (TPSA) is 33.0 Å². The number of nitriles is 1. The lowest BCUT2D eigenvalue weighted by Gasteiger charge is -2.17. The fourth-order valence-electron chi connectivity index (χ4n) is 1.58. The van der Waals surface area contributed by atoms with Crippen molar-refractivity contribution in [1.82, 2.24) is 0 Å². The fourth-order valence-corrected chi connectivity index (χ4v) is 2.77. The molecular formula is C12H14ClNOS. The van der Waals surface area contributed by atoms with Gasteiger partial charge in [-0.1, -0.05) is 11.6 Å². The molecule has 0 atom stereocenters. The molecule has 1 rings (SSSR count). The molecule has 16 heavy (non-hydrogen) atoms. The molecule has 0 aliphatic carbocycles. The zero-order valence-corrected chi connectivity index (χ0v) is 11.4. The summed E-state index contributed by atoms with van der Waals surface area (Å²) < 4.78 is 5.40. The first-order valence-corrected chi connectivity index (χ1v) is 6.23. The van der Waals surface area contributed by atoms with Gasteiger partial charge in [0.15, 0.2) is 0 Å². The van der Waals surface area contributed by atoms with Gasteiger partial charge in [0.2, 0.25) is 0 Å². The van der Waals surface area contributed by atoms with Crippen LogP contribution in [0, 0.1) is 32.1 Å². The van der Waals surface area contributed by atoms with Crippen LogP contribution in [0.3, 0.4) is 0 Å². The molecule has 0 radical (unpaired) electrons. The molecule has 1 aromatic carbocycles. The minimum Gasteiger partial charge on any atom is -0.495 e. The zero-order chi connectivity index (χ0) is 12.3. The third kappa shape index (κ3) is 2.28. The maximum atomic E-state index is 8.63. The predicted molar refractivity (Wildman–Crippen MR) is 68.6 cm³/mol. The summed E-state index contributed by atoms with van der Waals surface area (Å²) in [6, 6.07) is 2.11. The Morgan fingerprint density at radius 2 is 1.88 bits per heavy atom. The Bertz CT molecular complexity index is 452. The molecule has 0 N–H and O–H groups in total. The van der Waals surface area contributed by atoms with E-state index < -0.39 is 0 Å². The minimum atomic E-state index is 0.399. The molecule has 0 fully saturated rings. The van der Waals surface area contributed by atoms with E-state index in [-0.39, 0.29) is 0 Å². The molecule has 0 saturated carbocycles. The van der Waals surface area contributed by atoms with Crippen LogP contribution in [-0.2, 0) is 0 Å². The van der Waals surface area contributed by atoms with Gasteiger partial charge in [-0.3, -0.25) is 0 Å². The van der Waals surface area contributed by atoms with Gasteiger partial charge in [-0.05, 0) is 37.5 Å². The highest BCUT2D eigenvalue weighted by molar-refractivity contribution is 7.99. The van der Waals surface area contributed by atoms with Gasteiger partial charge in [-0.25, -0.2) is 0 Å². The number of ether oxygens (including phenoxy) is 1. The van der Waals surface area contributed by atoms with Crippen LogP contribution < -0.4 is 4.74 Å². The van der Waals surface area contributed by atoms with Gasteiger partial charge in [0, 0.05) is 5.02 Å². The second-order valence-electron chi connectivity index (χ2n) is 3.50. The second-order valence-corrected chi connectivity index (χ2v) is 4.86. The van der Waals surface area contributed by atoms with Crippen LogP contribution in [0.1, 0.15) is 16.7 Å². The molecule has 0 aliphatic heterocycles. The molecule has 1 aromatic rings. The molecule has 0 aliphatic rings. The molecular weight excluding hydrogens is 242 g/mol. The van der Waals surface area contributed by atoms with Crippen molar-refractivity contribution in [2.45, 2.75) is 25.7 Å². The molecule has 4 heteroatoms. The molecule has 0 bridgehead atoms. The van der Waals surface area contributed by atoms with Crippen molar-refractivity contribution in [3.8, 4) is 11.8 Å². The van der Waals surface area contributed by atoms with Crippen molar-refractivity contribution in [2.24, 2.45) is 0 Å². The van der Waals surface area contributed by atoms with Crippen LogP contribution in [-0.4, -0.2) is 12.9 Å². The number of thioether (sulfide) groups is 1. The van der Waals surface area contributed by atoms with Crippen LogP contribution in [0.5, 0.6) is 5.75 Å². The van der Waals surface area contributed by atoms with Gasteiger partial charge < -0.3 is 4.74 Å². The fraction of sp³-hybridized carbons (Fsp3) is 0.417. The lowest BCUT2D eigenvalue weighted by molar-refractivity contribution is 0.400. The van der Waals surface area contributed by atoms with Crippen molar-refractivity contribution < 1.29 is 4.74 Å². The summed E-state index contributed by atoms with van der Waals surface area (Å²) in [5.41, 5.74) is 3.07. The first kappa shape index (κ1) is 13.2. The lowest BCUT2D eigenvalue weighted by Crippen LogP contribution is -1.97. The summed E-state index contributed by atoms with van der Waals surface area (Å²) in [6.45, 7) is 5.92. The molecule has 2 nitrogen and oxygen atoms in total. The van der Waals surface area contributed by atoms with Gasteiger partial charge in [-0.2, -0.15) is 5.26 Å². The average Bonchev–Trinajstić information content (AvgIpc) is 2.29. The smallest absolute Gasteiger partial charge is 0.135 e. The monoisotopic (exact) mass is 255 g/mol. The van der Waals surface area contributed by atoms with Gasteiger partial charge in [0.05, 0.1) is 23.8 Å². The van der Waals surface area contributed by atoms with Crippen molar-refractivity contribution in [3.05, 3.63) is 21.7 Å². The highest BCUT2D eigenvalue weighted by Gasteiger charge is 2.16. The maximum Gasteiger partial charge on any atom is 0.135 e. The van der Waals surface area contributed by atoms with E-state index in [2.05, 4.69) is 6.07 Å². The predicted octanol–water partition coefficient (Wildman–Crippen LogP) is 3.89. The Labute approximate surface area is 106 Å². The summed E-state index contributed by atoms with van der Waals surface area (Å²) in [4.78, 5) is 0.970. The minimum absolute atomic E-state index is 0.399. The van der Waals surface area contributed by atoms with Crippen molar-refractivity contribution in [3.63, 3.8) is 0 Å². The van der Waals surface area contributed by atoms with Crippen LogP contribution in [0.25, 0.3) is 0 Å². The first-order chi connectivity index (χ1) is 7.54. The number of methoxy groups -OCH3 is 1. The highest BCUT2D eigenvalue weighted by atomic mass is 35.5. The van der Waals surface area contributed by atoms with E-state index >= 15 is 0 Å². The molecule has 0 spiro atoms. The standard InChI is InChI=1S/C12H14ClNOS/c1-7-8(2)11(15-4)12(16-6-5-14)9(3)10(7)13/h6H2,1-4H3. The number of hydrogen-bond acceptors (Lipinski definition) is 3. The Hall–Kier alpha value is -0.850. The first-order valence-electron chi connectivity index (χ1n) is 4.87. The summed E-state index contributed by atoms with van der Waals surface area (Å²) in [5.74, 6) is 1.23. The molecule has 0 unspecified atom stereocenters. The molecule has 0 heterocycles. The quantitative estimate of drug-likeness (QED) is 0.769. The molecule has 0 amide bonds. The van der Waals surface area contributed by atoms with Gasteiger partial charge in [-0.15, -0.1) is 11.8 Å². The third-order valence-corrected chi connectivity index (χ3v) is 4.21. The van der Waals surface area contributed by atoms with Crippen LogP contribution in [0.4, 0.5) is 0 Å². The van der Waals surface area contributed by atoms with E-state index in [4.69, 9.17) is 21.6 Å². The molecule has 0 aromatic heterocycles. The number of halogens is 1. The second kappa shape index (κ2) is 5.47. The van der Waals surface area contributed by atoms with Gasteiger partial charge in [0.25, 0.3) is 0 Å². The number of nitrogens with zero attached hydrogens (tertiary/aromatic N) is 1. The van der Waals surface area contributed by atoms with E-state index in [1.54, 1.807) is 7.11 Å². The van der Waals surface area contributed by atoms with Crippen molar-refractivity contribution in [1.29, 1.82) is 5.26 Å². The van der Waals surface area contributed by atoms with E-state index in [0.29, 0.717) is 5.75 Å². The van der Waals surface area contributed by atoms with E-state index in [1.807, 2.05) is 20.8 Å². The Kier molecular flexibility index (Phi) is 4.52. The molecule has 0 saturated heterocycles. The average molecular weight is 256 g/mol. The Morgan fingerprint density at radius 1 is 1.25 bits per heavy atom. The Balaban J connectivity index is 3.40. The van der Waals surface area contributed by atoms with E-state index in [9.17, 15) is 0 Å². The lowest BCUT2D eigenvalue weighted by atomic mass is 10.1. The van der Waals surface area contributed by atoms with Crippen molar-refractivity contribution in [2.75, 3.05) is 12.9 Å². The van der Waals surface area contributed by atoms with Gasteiger partial charge in [0.1, 0.15) is 5.75 Å². The van der Waals surface area contributed by atoms with Crippen LogP contribution in [0.15, 0.2) is 4.90 Å². The largest absolute Gasteiger partial charge is 0.495 e. The van der Waals surface area contributed by atoms with Crippen LogP contribution in [0.2, 0.25) is 5.02 Å². The Morgan fingerprint density at radius 3 is 2.38 bits per heavy atom. The van der Waals surface area contributed by atoms with Gasteiger partial charge >= 0.3 is 0 Å².